The molecule has 0 spiro atoms. The molecular weight excluding hydrogens is 439 g/mol. The van der Waals surface area contributed by atoms with Gasteiger partial charge in [0.15, 0.2) is 6.61 Å². The van der Waals surface area contributed by atoms with Crippen molar-refractivity contribution in [3.8, 4) is 5.75 Å². The lowest BCUT2D eigenvalue weighted by Gasteiger charge is -2.10. The summed E-state index contributed by atoms with van der Waals surface area (Å²) in [6.07, 6.45) is 0. The van der Waals surface area contributed by atoms with Gasteiger partial charge in [-0.1, -0.05) is 6.07 Å². The number of nitro benzene ring substituents is 1. The van der Waals surface area contributed by atoms with E-state index < -0.39 is 16.6 Å². The summed E-state index contributed by atoms with van der Waals surface area (Å²) in [7, 11) is 0. The van der Waals surface area contributed by atoms with Gasteiger partial charge in [-0.2, -0.15) is 0 Å². The highest BCUT2D eigenvalue weighted by Gasteiger charge is 2.14. The smallest absolute Gasteiger partial charge is 0.271 e. The van der Waals surface area contributed by atoms with Gasteiger partial charge in [-0.15, -0.1) is 0 Å². The number of hydrogen-bond donors (Lipinski definition) is 1. The van der Waals surface area contributed by atoms with Crippen LogP contribution in [0.1, 0.15) is 0 Å². The molecule has 0 unspecified atom stereocenters. The molecule has 0 saturated heterocycles. The highest BCUT2D eigenvalue weighted by molar-refractivity contribution is 9.11. The van der Waals surface area contributed by atoms with E-state index in [1.54, 1.807) is 18.2 Å². The number of ether oxygens (including phenoxy) is 1. The molecule has 2 aromatic rings. The van der Waals surface area contributed by atoms with E-state index in [9.17, 15) is 19.3 Å². The standard InChI is InChI=1S/C14H9Br2FN2O4/c15-9-2-1-3-10(16)14(9)23-7-13(20)18-12-6-8(19(21)22)4-5-11(12)17/h1-6H,7H2,(H,18,20). The number of nitro groups is 1. The predicted molar refractivity (Wildman–Crippen MR) is 89.0 cm³/mol. The largest absolute Gasteiger partial charge is 0.481 e. The molecule has 0 aliphatic rings. The number of rotatable bonds is 5. The molecule has 0 saturated carbocycles. The first-order valence-electron chi connectivity index (χ1n) is 6.19. The molecule has 0 radical (unpaired) electrons. The molecule has 23 heavy (non-hydrogen) atoms. The van der Waals surface area contributed by atoms with Crippen molar-refractivity contribution in [1.29, 1.82) is 0 Å². The first-order chi connectivity index (χ1) is 10.9. The van der Waals surface area contributed by atoms with Gasteiger partial charge in [0.05, 0.1) is 19.6 Å². The second kappa shape index (κ2) is 7.51. The van der Waals surface area contributed by atoms with Crippen LogP contribution in [0.2, 0.25) is 0 Å². The predicted octanol–water partition coefficient (Wildman–Crippen LogP) is 4.28. The Morgan fingerprint density at radius 2 is 1.91 bits per heavy atom. The van der Waals surface area contributed by atoms with Crippen molar-refractivity contribution < 1.29 is 18.8 Å². The minimum Gasteiger partial charge on any atom is -0.481 e. The summed E-state index contributed by atoms with van der Waals surface area (Å²) < 4.78 is 20.2. The van der Waals surface area contributed by atoms with Gasteiger partial charge in [0.2, 0.25) is 0 Å². The van der Waals surface area contributed by atoms with Gasteiger partial charge in [-0.25, -0.2) is 4.39 Å². The van der Waals surface area contributed by atoms with Gasteiger partial charge in [0.25, 0.3) is 11.6 Å². The number of carbonyl (C=O) groups is 1. The van der Waals surface area contributed by atoms with Crippen molar-refractivity contribution in [2.75, 3.05) is 11.9 Å². The van der Waals surface area contributed by atoms with E-state index in [1.807, 2.05) is 0 Å². The summed E-state index contributed by atoms with van der Waals surface area (Å²) in [6, 6.07) is 8.12. The number of halogens is 3. The van der Waals surface area contributed by atoms with Crippen LogP contribution in [0.4, 0.5) is 15.8 Å². The molecule has 0 aliphatic carbocycles. The second-order valence-electron chi connectivity index (χ2n) is 4.31. The normalized spacial score (nSPS) is 10.2. The summed E-state index contributed by atoms with van der Waals surface area (Å²) in [6.45, 7) is -0.386. The van der Waals surface area contributed by atoms with Crippen molar-refractivity contribution >= 4 is 49.1 Å². The van der Waals surface area contributed by atoms with Gasteiger partial charge in [0.1, 0.15) is 11.6 Å². The zero-order chi connectivity index (χ0) is 17.0. The second-order valence-corrected chi connectivity index (χ2v) is 6.02. The van der Waals surface area contributed by atoms with E-state index in [1.165, 1.54) is 0 Å². The number of benzene rings is 2. The number of amides is 1. The molecule has 0 fully saturated rings. The van der Waals surface area contributed by atoms with E-state index in [4.69, 9.17) is 4.74 Å². The molecular formula is C14H9Br2FN2O4. The Bertz CT molecular complexity index is 750. The molecule has 2 aromatic carbocycles. The molecule has 120 valence electrons. The minimum absolute atomic E-state index is 0.279. The van der Waals surface area contributed by atoms with Gasteiger partial charge < -0.3 is 10.1 Å². The van der Waals surface area contributed by atoms with Gasteiger partial charge in [0, 0.05) is 12.1 Å². The van der Waals surface area contributed by atoms with Crippen molar-refractivity contribution in [1.82, 2.24) is 0 Å². The fourth-order valence-electron chi connectivity index (χ4n) is 1.67. The van der Waals surface area contributed by atoms with Crippen LogP contribution >= 0.6 is 31.9 Å². The van der Waals surface area contributed by atoms with E-state index >= 15 is 0 Å². The molecule has 0 heterocycles. The number of non-ortho nitro benzene ring substituents is 1. The van der Waals surface area contributed by atoms with Crippen LogP contribution in [-0.4, -0.2) is 17.4 Å². The molecule has 1 N–H and O–H groups in total. The number of para-hydroxylation sites is 1. The average Bonchev–Trinajstić information content (AvgIpc) is 2.48. The number of hydrogen-bond acceptors (Lipinski definition) is 4. The van der Waals surface area contributed by atoms with Crippen LogP contribution in [0.15, 0.2) is 45.3 Å². The van der Waals surface area contributed by atoms with Crippen LogP contribution in [0, 0.1) is 15.9 Å². The molecule has 6 nitrogen and oxygen atoms in total. The minimum atomic E-state index is -0.772. The SMILES string of the molecule is O=C(COc1c(Br)cccc1Br)Nc1cc([N+](=O)[O-])ccc1F. The molecule has 0 atom stereocenters. The van der Waals surface area contributed by atoms with Crippen molar-refractivity contribution in [2.24, 2.45) is 0 Å². The molecule has 0 aliphatic heterocycles. The third-order valence-corrected chi connectivity index (χ3v) is 3.95. The summed E-state index contributed by atoms with van der Waals surface area (Å²) in [5.41, 5.74) is -0.602. The summed E-state index contributed by atoms with van der Waals surface area (Å²) in [5, 5.41) is 12.9. The summed E-state index contributed by atoms with van der Waals surface area (Å²) >= 11 is 6.56. The van der Waals surface area contributed by atoms with Crippen LogP contribution in [-0.2, 0) is 4.79 Å². The lowest BCUT2D eigenvalue weighted by molar-refractivity contribution is -0.384. The zero-order valence-electron chi connectivity index (χ0n) is 11.4. The number of nitrogens with one attached hydrogen (secondary N) is 1. The monoisotopic (exact) mass is 446 g/mol. The first kappa shape index (κ1) is 17.4. The molecule has 9 heteroatoms. The van der Waals surface area contributed by atoms with Crippen molar-refractivity contribution in [2.45, 2.75) is 0 Å². The Labute approximate surface area is 147 Å². The summed E-state index contributed by atoms with van der Waals surface area (Å²) in [4.78, 5) is 21.8. The maximum atomic E-state index is 13.6. The van der Waals surface area contributed by atoms with Crippen LogP contribution in [0.25, 0.3) is 0 Å². The number of nitrogens with zero attached hydrogens (tertiary/aromatic N) is 1. The Morgan fingerprint density at radius 1 is 1.26 bits per heavy atom. The molecule has 0 aromatic heterocycles. The maximum Gasteiger partial charge on any atom is 0.271 e. The maximum absolute atomic E-state index is 13.6. The van der Waals surface area contributed by atoms with Crippen LogP contribution in [0.5, 0.6) is 5.75 Å². The van der Waals surface area contributed by atoms with Crippen LogP contribution < -0.4 is 10.1 Å². The fraction of sp³-hybridized carbons (Fsp3) is 0.0714. The van der Waals surface area contributed by atoms with E-state index in [2.05, 4.69) is 37.2 Å². The van der Waals surface area contributed by atoms with Crippen LogP contribution in [0.3, 0.4) is 0 Å². The summed E-state index contributed by atoms with van der Waals surface area (Å²) in [5.74, 6) is -1.000. The fourth-order valence-corrected chi connectivity index (χ4v) is 2.89. The lowest BCUT2D eigenvalue weighted by atomic mass is 10.2. The quantitative estimate of drug-likeness (QED) is 0.548. The Kier molecular flexibility index (Phi) is 5.67. The third kappa shape index (κ3) is 4.49. The zero-order valence-corrected chi connectivity index (χ0v) is 14.6. The Balaban J connectivity index is 2.06. The Morgan fingerprint density at radius 3 is 2.52 bits per heavy atom. The molecule has 1 amide bonds. The molecule has 0 bridgehead atoms. The van der Waals surface area contributed by atoms with Gasteiger partial charge >= 0.3 is 0 Å². The van der Waals surface area contributed by atoms with E-state index in [0.717, 1.165) is 18.2 Å². The first-order valence-corrected chi connectivity index (χ1v) is 7.77. The van der Waals surface area contributed by atoms with E-state index in [0.29, 0.717) is 14.7 Å². The topological polar surface area (TPSA) is 81.5 Å². The van der Waals surface area contributed by atoms with E-state index in [-0.39, 0.29) is 18.0 Å². The third-order valence-electron chi connectivity index (χ3n) is 2.70. The van der Waals surface area contributed by atoms with Gasteiger partial charge in [-0.3, -0.25) is 14.9 Å². The lowest BCUT2D eigenvalue weighted by Crippen LogP contribution is -2.21. The number of anilines is 1. The van der Waals surface area contributed by atoms with Crippen molar-refractivity contribution in [3.05, 3.63) is 61.3 Å². The average molecular weight is 448 g/mol. The Hall–Kier alpha value is -2.00. The van der Waals surface area contributed by atoms with Gasteiger partial charge in [-0.05, 0) is 50.1 Å². The number of carbonyl (C=O) groups excluding carboxylic acids is 1. The highest BCUT2D eigenvalue weighted by Crippen LogP contribution is 2.32. The van der Waals surface area contributed by atoms with Crippen molar-refractivity contribution in [3.63, 3.8) is 0 Å². The highest BCUT2D eigenvalue weighted by atomic mass is 79.9. The molecule has 2 rings (SSSR count).